The largest absolute Gasteiger partial charge is 0.416 e. The molecule has 0 radical (unpaired) electrons. The molecule has 0 rings (SSSR count). The second kappa shape index (κ2) is 18.7. The third-order valence-corrected chi connectivity index (χ3v) is 6.66. The molecule has 206 valence electrons. The lowest BCUT2D eigenvalue weighted by Crippen LogP contribution is -2.25. The van der Waals surface area contributed by atoms with E-state index in [9.17, 15) is 22.9 Å². The first-order valence-electron chi connectivity index (χ1n) is 12.5. The Morgan fingerprint density at radius 3 is 2.27 bits per heavy atom. The summed E-state index contributed by atoms with van der Waals surface area (Å²) < 4.78 is 39.1. The van der Waals surface area contributed by atoms with Crippen LogP contribution in [0.15, 0.2) is 86.9 Å². The minimum Gasteiger partial charge on any atom is -0.295 e. The van der Waals surface area contributed by atoms with E-state index in [0.717, 1.165) is 45.6 Å². The molecule has 0 aliphatic carbocycles. The van der Waals surface area contributed by atoms with Crippen LogP contribution in [0.5, 0.6) is 0 Å². The van der Waals surface area contributed by atoms with Gasteiger partial charge in [-0.2, -0.15) is 13.2 Å². The van der Waals surface area contributed by atoms with Crippen molar-refractivity contribution in [1.82, 2.24) is 4.90 Å². The standard InChI is InChI=1S/C29H41F3N2O2S/c1-8-14-26(29(30,31)32)17-13-15-24(7)37-27(22(4)5)21-34(10-3)20-12-11-16-25(23(6)9-2)18-19-28(35)33-36/h11-14,16-17H,6-10,15,18-21H2,1-5H3/b12-11-,17-13-,25-16-,26-14+. The number of nitroso groups, excluding NO2 is 1. The van der Waals surface area contributed by atoms with Crippen LogP contribution in [-0.4, -0.2) is 36.6 Å². The molecule has 1 amide bonds. The van der Waals surface area contributed by atoms with Gasteiger partial charge in [0, 0.05) is 29.6 Å². The number of hydrogen-bond acceptors (Lipinski definition) is 4. The highest BCUT2D eigenvalue weighted by Gasteiger charge is 2.31. The van der Waals surface area contributed by atoms with Crippen LogP contribution in [0.2, 0.25) is 0 Å². The van der Waals surface area contributed by atoms with Crippen LogP contribution in [0.25, 0.3) is 0 Å². The van der Waals surface area contributed by atoms with Crippen LogP contribution in [0, 0.1) is 4.91 Å². The second-order valence-corrected chi connectivity index (χ2v) is 9.90. The summed E-state index contributed by atoms with van der Waals surface area (Å²) in [5.74, 6) is -0.669. The average Bonchev–Trinajstić information content (AvgIpc) is 2.84. The number of amides is 1. The molecule has 0 aromatic rings. The van der Waals surface area contributed by atoms with Gasteiger partial charge in [0.05, 0.1) is 5.57 Å². The highest BCUT2D eigenvalue weighted by Crippen LogP contribution is 2.31. The van der Waals surface area contributed by atoms with Gasteiger partial charge < -0.3 is 0 Å². The van der Waals surface area contributed by atoms with Gasteiger partial charge in [-0.25, -0.2) is 0 Å². The molecule has 0 N–H and O–H groups in total. The Balaban J connectivity index is 5.17. The predicted octanol–water partition coefficient (Wildman–Crippen LogP) is 9.22. The summed E-state index contributed by atoms with van der Waals surface area (Å²) in [6.07, 6.45) is 7.24. The number of nitrogens with zero attached hydrogens (tertiary/aromatic N) is 2. The number of carbonyl (C=O) groups excluding carboxylic acids is 1. The molecular weight excluding hydrogens is 497 g/mol. The normalized spacial score (nSPS) is 13.0. The smallest absolute Gasteiger partial charge is 0.295 e. The first kappa shape index (κ1) is 34.6. The molecule has 0 aromatic carbocycles. The Bertz CT molecular complexity index is 937. The van der Waals surface area contributed by atoms with Crippen LogP contribution in [0.1, 0.15) is 66.7 Å². The van der Waals surface area contributed by atoms with E-state index in [1.165, 1.54) is 23.9 Å². The summed E-state index contributed by atoms with van der Waals surface area (Å²) in [6, 6.07) is 0. The number of halogens is 3. The lowest BCUT2D eigenvalue weighted by molar-refractivity contribution is -0.117. The molecule has 0 saturated carbocycles. The van der Waals surface area contributed by atoms with Crippen molar-refractivity contribution in [3.8, 4) is 0 Å². The van der Waals surface area contributed by atoms with E-state index in [4.69, 9.17) is 0 Å². The third-order valence-electron chi connectivity index (χ3n) is 5.42. The zero-order valence-corrected chi connectivity index (χ0v) is 23.6. The van der Waals surface area contributed by atoms with Gasteiger partial charge >= 0.3 is 6.18 Å². The van der Waals surface area contributed by atoms with E-state index < -0.39 is 17.7 Å². The number of thioether (sulfide) groups is 1. The summed E-state index contributed by atoms with van der Waals surface area (Å²) in [5.41, 5.74) is 2.34. The Hall–Kier alpha value is -2.45. The van der Waals surface area contributed by atoms with Crippen molar-refractivity contribution in [2.24, 2.45) is 5.18 Å². The fraction of sp³-hybridized carbons (Fsp3) is 0.483. The van der Waals surface area contributed by atoms with Crippen molar-refractivity contribution in [2.75, 3.05) is 19.6 Å². The van der Waals surface area contributed by atoms with Crippen molar-refractivity contribution in [1.29, 1.82) is 0 Å². The van der Waals surface area contributed by atoms with E-state index in [-0.39, 0.29) is 6.42 Å². The minimum atomic E-state index is -4.36. The van der Waals surface area contributed by atoms with Crippen molar-refractivity contribution in [3.63, 3.8) is 0 Å². The van der Waals surface area contributed by atoms with Gasteiger partial charge in [-0.1, -0.05) is 93.3 Å². The Labute approximate surface area is 224 Å². The first-order valence-corrected chi connectivity index (χ1v) is 13.3. The van der Waals surface area contributed by atoms with Gasteiger partial charge in [0.1, 0.15) is 0 Å². The number of likely N-dealkylation sites (N-methyl/N-ethyl adjacent to an activating group) is 1. The second-order valence-electron chi connectivity index (χ2n) is 8.63. The van der Waals surface area contributed by atoms with E-state index >= 15 is 0 Å². The van der Waals surface area contributed by atoms with Crippen molar-refractivity contribution in [2.45, 2.75) is 72.9 Å². The van der Waals surface area contributed by atoms with Crippen LogP contribution >= 0.6 is 11.8 Å². The fourth-order valence-electron chi connectivity index (χ4n) is 3.12. The molecule has 0 heterocycles. The van der Waals surface area contributed by atoms with Gasteiger partial charge in [0.15, 0.2) is 0 Å². The van der Waals surface area contributed by atoms with Gasteiger partial charge in [-0.3, -0.25) is 9.69 Å². The lowest BCUT2D eigenvalue weighted by atomic mass is 10.00. The van der Waals surface area contributed by atoms with E-state index in [2.05, 4.69) is 30.2 Å². The highest BCUT2D eigenvalue weighted by atomic mass is 32.2. The lowest BCUT2D eigenvalue weighted by Gasteiger charge is -2.21. The Kier molecular flexibility index (Phi) is 17.5. The summed E-state index contributed by atoms with van der Waals surface area (Å²) in [5, 5.41) is 2.45. The molecule has 0 unspecified atom stereocenters. The van der Waals surface area contributed by atoms with Gasteiger partial charge in [-0.15, -0.1) is 4.91 Å². The van der Waals surface area contributed by atoms with Gasteiger partial charge in [-0.05, 0) is 56.6 Å². The fourth-order valence-corrected chi connectivity index (χ4v) is 4.10. The van der Waals surface area contributed by atoms with Crippen LogP contribution < -0.4 is 0 Å². The van der Waals surface area contributed by atoms with Gasteiger partial charge in [0.25, 0.3) is 5.91 Å². The minimum absolute atomic E-state index is 0.0654. The molecule has 0 fully saturated rings. The van der Waals surface area contributed by atoms with Crippen LogP contribution in [0.4, 0.5) is 13.2 Å². The Morgan fingerprint density at radius 2 is 1.76 bits per heavy atom. The topological polar surface area (TPSA) is 49.7 Å². The summed E-state index contributed by atoms with van der Waals surface area (Å²) in [6.45, 7) is 20.0. The molecular formula is C29H41F3N2O2S. The molecule has 0 bridgehead atoms. The Morgan fingerprint density at radius 1 is 1.08 bits per heavy atom. The molecule has 8 heteroatoms. The molecule has 0 aromatic heterocycles. The van der Waals surface area contributed by atoms with Gasteiger partial charge in [0.2, 0.25) is 0 Å². The average molecular weight is 539 g/mol. The van der Waals surface area contributed by atoms with Crippen LogP contribution in [-0.2, 0) is 4.79 Å². The quantitative estimate of drug-likeness (QED) is 0.137. The summed E-state index contributed by atoms with van der Waals surface area (Å²) in [4.78, 5) is 25.7. The monoisotopic (exact) mass is 538 g/mol. The molecule has 0 aliphatic heterocycles. The molecule has 0 aliphatic rings. The number of allylic oxidation sites excluding steroid dienone is 10. The maximum Gasteiger partial charge on any atom is 0.416 e. The first-order chi connectivity index (χ1) is 17.4. The van der Waals surface area contributed by atoms with E-state index in [1.807, 2.05) is 39.0 Å². The highest BCUT2D eigenvalue weighted by molar-refractivity contribution is 8.06. The van der Waals surface area contributed by atoms with Crippen molar-refractivity contribution < 1.29 is 18.0 Å². The number of rotatable bonds is 17. The number of hydrogen-bond donors (Lipinski definition) is 0. The SMILES string of the molecule is C=C(C/C=C\C(=C/CC)C(F)(F)F)SC(CN(CC)C/C=C\C=C(\CCC(=O)N=O)C(=C)CC)=C(C)C. The maximum absolute atomic E-state index is 13.0. The van der Waals surface area contributed by atoms with E-state index in [1.54, 1.807) is 6.92 Å². The molecule has 4 nitrogen and oxygen atoms in total. The summed E-state index contributed by atoms with van der Waals surface area (Å²) in [7, 11) is 0. The maximum atomic E-state index is 13.0. The zero-order chi connectivity index (χ0) is 28.4. The molecule has 0 atom stereocenters. The summed E-state index contributed by atoms with van der Waals surface area (Å²) >= 11 is 1.51. The van der Waals surface area contributed by atoms with E-state index in [0.29, 0.717) is 32.4 Å². The molecule has 37 heavy (non-hydrogen) atoms. The number of alkyl halides is 3. The molecule has 0 spiro atoms. The third kappa shape index (κ3) is 15.4. The number of carbonyl (C=O) groups is 1. The molecule has 0 saturated heterocycles. The van der Waals surface area contributed by atoms with Crippen molar-refractivity contribution in [3.05, 3.63) is 86.6 Å². The zero-order valence-electron chi connectivity index (χ0n) is 22.8. The van der Waals surface area contributed by atoms with Crippen molar-refractivity contribution >= 4 is 17.7 Å². The predicted molar refractivity (Wildman–Crippen MR) is 152 cm³/mol. The van der Waals surface area contributed by atoms with Crippen LogP contribution in [0.3, 0.4) is 0 Å².